The quantitative estimate of drug-likeness (QED) is 0.824. The molecule has 2 atom stereocenters. The van der Waals surface area contributed by atoms with Gasteiger partial charge in [0.2, 0.25) is 5.91 Å². The van der Waals surface area contributed by atoms with Gasteiger partial charge in [-0.15, -0.1) is 0 Å². The molecule has 0 saturated carbocycles. The van der Waals surface area contributed by atoms with Gasteiger partial charge in [-0.2, -0.15) is 0 Å². The molecule has 6 nitrogen and oxygen atoms in total. The van der Waals surface area contributed by atoms with E-state index in [1.165, 1.54) is 19.2 Å². The SMILES string of the molecule is COC(=O)c1ccc(Cl)cc1NC(=O)C1(C)COCC1N. The molecule has 1 fully saturated rings. The molecule has 1 saturated heterocycles. The van der Waals surface area contributed by atoms with E-state index in [2.05, 4.69) is 10.1 Å². The molecular weight excluding hydrogens is 296 g/mol. The monoisotopic (exact) mass is 312 g/mol. The van der Waals surface area contributed by atoms with E-state index < -0.39 is 17.4 Å². The molecule has 1 heterocycles. The number of benzene rings is 1. The molecule has 1 aromatic carbocycles. The van der Waals surface area contributed by atoms with Crippen LogP contribution in [0, 0.1) is 5.41 Å². The number of methoxy groups -OCH3 is 1. The first kappa shape index (κ1) is 15.8. The molecule has 1 aromatic rings. The van der Waals surface area contributed by atoms with Crippen LogP contribution in [0.1, 0.15) is 17.3 Å². The highest BCUT2D eigenvalue weighted by Crippen LogP contribution is 2.30. The average molecular weight is 313 g/mol. The Bertz CT molecular complexity index is 578. The zero-order valence-corrected chi connectivity index (χ0v) is 12.6. The van der Waals surface area contributed by atoms with Crippen LogP contribution in [0.3, 0.4) is 0 Å². The molecule has 114 valence electrons. The summed E-state index contributed by atoms with van der Waals surface area (Å²) in [5.41, 5.74) is 5.59. The van der Waals surface area contributed by atoms with Gasteiger partial charge in [-0.25, -0.2) is 4.79 Å². The average Bonchev–Trinajstić information content (AvgIpc) is 2.79. The molecule has 2 unspecified atom stereocenters. The Labute approximate surface area is 127 Å². The predicted octanol–water partition coefficient (Wildman–Crippen LogP) is 1.43. The van der Waals surface area contributed by atoms with Crippen molar-refractivity contribution in [2.45, 2.75) is 13.0 Å². The zero-order chi connectivity index (χ0) is 15.6. The second-order valence-corrected chi connectivity index (χ2v) is 5.61. The lowest BCUT2D eigenvalue weighted by Gasteiger charge is -2.25. The lowest BCUT2D eigenvalue weighted by atomic mass is 9.84. The number of halogens is 1. The molecule has 7 heteroatoms. The van der Waals surface area contributed by atoms with E-state index in [4.69, 9.17) is 22.1 Å². The van der Waals surface area contributed by atoms with Crippen LogP contribution < -0.4 is 11.1 Å². The van der Waals surface area contributed by atoms with Gasteiger partial charge < -0.3 is 20.5 Å². The van der Waals surface area contributed by atoms with Crippen LogP contribution in [-0.4, -0.2) is 38.2 Å². The number of nitrogens with two attached hydrogens (primary N) is 1. The standard InChI is InChI=1S/C14H17ClN2O4/c1-14(7-21-6-11(14)16)13(19)17-10-5-8(15)3-4-9(10)12(18)20-2/h3-5,11H,6-7,16H2,1-2H3,(H,17,19). The van der Waals surface area contributed by atoms with Crippen molar-refractivity contribution < 1.29 is 19.1 Å². The smallest absolute Gasteiger partial charge is 0.339 e. The Hall–Kier alpha value is -1.63. The number of hydrogen-bond donors (Lipinski definition) is 2. The fraction of sp³-hybridized carbons (Fsp3) is 0.429. The number of anilines is 1. The van der Waals surface area contributed by atoms with Crippen molar-refractivity contribution in [3.8, 4) is 0 Å². The number of amides is 1. The summed E-state index contributed by atoms with van der Waals surface area (Å²) in [7, 11) is 1.27. The number of esters is 1. The fourth-order valence-electron chi connectivity index (χ4n) is 2.10. The Morgan fingerprint density at radius 2 is 2.24 bits per heavy atom. The van der Waals surface area contributed by atoms with Gasteiger partial charge >= 0.3 is 5.97 Å². The highest BCUT2D eigenvalue weighted by atomic mass is 35.5. The van der Waals surface area contributed by atoms with E-state index in [1.54, 1.807) is 13.0 Å². The highest BCUT2D eigenvalue weighted by Gasteiger charge is 2.44. The molecule has 2 rings (SSSR count). The topological polar surface area (TPSA) is 90.6 Å². The number of rotatable bonds is 3. The summed E-state index contributed by atoms with van der Waals surface area (Å²) in [6.45, 7) is 2.28. The summed E-state index contributed by atoms with van der Waals surface area (Å²) in [6, 6.07) is 4.14. The summed E-state index contributed by atoms with van der Waals surface area (Å²) in [6.07, 6.45) is 0. The molecule has 1 aliphatic rings. The molecule has 1 aliphatic heterocycles. The van der Waals surface area contributed by atoms with Gasteiger partial charge in [0.05, 0.1) is 37.0 Å². The van der Waals surface area contributed by atoms with Crippen molar-refractivity contribution in [1.29, 1.82) is 0 Å². The minimum absolute atomic E-state index is 0.228. The van der Waals surface area contributed by atoms with E-state index in [0.717, 1.165) is 0 Å². The maximum absolute atomic E-state index is 12.5. The Kier molecular flexibility index (Phi) is 4.51. The lowest BCUT2D eigenvalue weighted by molar-refractivity contribution is -0.125. The van der Waals surface area contributed by atoms with Crippen LogP contribution >= 0.6 is 11.6 Å². The van der Waals surface area contributed by atoms with Crippen molar-refractivity contribution in [3.05, 3.63) is 28.8 Å². The number of hydrogen-bond acceptors (Lipinski definition) is 5. The fourth-order valence-corrected chi connectivity index (χ4v) is 2.27. The van der Waals surface area contributed by atoms with Crippen molar-refractivity contribution in [1.82, 2.24) is 0 Å². The van der Waals surface area contributed by atoms with Crippen LogP contribution in [0.15, 0.2) is 18.2 Å². The van der Waals surface area contributed by atoms with Crippen molar-refractivity contribution in [2.24, 2.45) is 11.1 Å². The van der Waals surface area contributed by atoms with Crippen LogP contribution in [-0.2, 0) is 14.3 Å². The maximum atomic E-state index is 12.5. The largest absolute Gasteiger partial charge is 0.465 e. The second kappa shape index (κ2) is 6.01. The zero-order valence-electron chi connectivity index (χ0n) is 11.8. The summed E-state index contributed by atoms with van der Waals surface area (Å²) >= 11 is 5.92. The summed E-state index contributed by atoms with van der Waals surface area (Å²) < 4.78 is 9.94. The number of nitrogens with one attached hydrogen (secondary N) is 1. The summed E-state index contributed by atoms with van der Waals surface area (Å²) in [5, 5.41) is 3.09. The Balaban J connectivity index is 2.28. The van der Waals surface area contributed by atoms with Gasteiger partial charge in [0.15, 0.2) is 0 Å². The molecule has 0 radical (unpaired) electrons. The summed E-state index contributed by atoms with van der Waals surface area (Å²) in [4.78, 5) is 24.2. The van der Waals surface area contributed by atoms with E-state index in [1.807, 2.05) is 0 Å². The Morgan fingerprint density at radius 3 is 2.81 bits per heavy atom. The molecule has 21 heavy (non-hydrogen) atoms. The van der Waals surface area contributed by atoms with Gasteiger partial charge in [0.25, 0.3) is 0 Å². The van der Waals surface area contributed by atoms with Gasteiger partial charge in [0, 0.05) is 11.1 Å². The first-order valence-electron chi connectivity index (χ1n) is 6.41. The van der Waals surface area contributed by atoms with Gasteiger partial charge in [-0.1, -0.05) is 11.6 Å². The van der Waals surface area contributed by atoms with Crippen molar-refractivity contribution in [3.63, 3.8) is 0 Å². The maximum Gasteiger partial charge on any atom is 0.339 e. The number of ether oxygens (including phenoxy) is 2. The number of carbonyl (C=O) groups excluding carboxylic acids is 2. The third-order valence-corrected chi connectivity index (χ3v) is 3.91. The second-order valence-electron chi connectivity index (χ2n) is 5.17. The minimum atomic E-state index is -0.851. The van der Waals surface area contributed by atoms with E-state index in [-0.39, 0.29) is 18.1 Å². The molecule has 3 N–H and O–H groups in total. The van der Waals surface area contributed by atoms with Crippen LogP contribution in [0.25, 0.3) is 0 Å². The normalized spacial score (nSPS) is 24.7. The lowest BCUT2D eigenvalue weighted by Crippen LogP contribution is -2.47. The number of carbonyl (C=O) groups is 2. The van der Waals surface area contributed by atoms with Crippen molar-refractivity contribution in [2.75, 3.05) is 25.6 Å². The first-order valence-corrected chi connectivity index (χ1v) is 6.79. The summed E-state index contributed by atoms with van der Waals surface area (Å²) in [5.74, 6) is -0.876. The molecule has 0 spiro atoms. The van der Waals surface area contributed by atoms with Crippen LogP contribution in [0.2, 0.25) is 5.02 Å². The first-order chi connectivity index (χ1) is 9.88. The van der Waals surface area contributed by atoms with Crippen LogP contribution in [0.4, 0.5) is 5.69 Å². The Morgan fingerprint density at radius 1 is 1.52 bits per heavy atom. The van der Waals surface area contributed by atoms with E-state index >= 15 is 0 Å². The van der Waals surface area contributed by atoms with Crippen molar-refractivity contribution >= 4 is 29.2 Å². The highest BCUT2D eigenvalue weighted by molar-refractivity contribution is 6.31. The molecular formula is C14H17ClN2O4. The molecule has 0 bridgehead atoms. The third-order valence-electron chi connectivity index (χ3n) is 3.67. The van der Waals surface area contributed by atoms with Gasteiger partial charge in [-0.05, 0) is 25.1 Å². The van der Waals surface area contributed by atoms with E-state index in [0.29, 0.717) is 17.3 Å². The molecule has 1 amide bonds. The molecule has 0 aromatic heterocycles. The predicted molar refractivity (Wildman–Crippen MR) is 78.3 cm³/mol. The molecule has 0 aliphatic carbocycles. The van der Waals surface area contributed by atoms with Crippen LogP contribution in [0.5, 0.6) is 0 Å². The van der Waals surface area contributed by atoms with Gasteiger partial charge in [0.1, 0.15) is 0 Å². The third kappa shape index (κ3) is 3.02. The van der Waals surface area contributed by atoms with E-state index in [9.17, 15) is 9.59 Å². The minimum Gasteiger partial charge on any atom is -0.465 e. The van der Waals surface area contributed by atoms with Gasteiger partial charge in [-0.3, -0.25) is 4.79 Å².